The van der Waals surface area contributed by atoms with E-state index in [9.17, 15) is 4.79 Å². The van der Waals surface area contributed by atoms with Crippen LogP contribution >= 0.6 is 0 Å². The topological polar surface area (TPSA) is 66.9 Å². The van der Waals surface area contributed by atoms with Gasteiger partial charge in [-0.05, 0) is 19.9 Å². The van der Waals surface area contributed by atoms with Gasteiger partial charge in [0.05, 0.1) is 30.2 Å². The van der Waals surface area contributed by atoms with Crippen molar-refractivity contribution < 1.29 is 4.79 Å². The van der Waals surface area contributed by atoms with Crippen molar-refractivity contribution in [3.05, 3.63) is 23.8 Å². The van der Waals surface area contributed by atoms with E-state index in [1.54, 1.807) is 12.4 Å². The van der Waals surface area contributed by atoms with Gasteiger partial charge in [-0.25, -0.2) is 0 Å². The van der Waals surface area contributed by atoms with Crippen molar-refractivity contribution in [3.8, 4) is 0 Å². The molecule has 1 amide bonds. The van der Waals surface area contributed by atoms with Crippen molar-refractivity contribution in [2.45, 2.75) is 59.0 Å². The Labute approximate surface area is 121 Å². The van der Waals surface area contributed by atoms with Gasteiger partial charge in [-0.15, -0.1) is 0 Å². The van der Waals surface area contributed by atoms with E-state index in [2.05, 4.69) is 27.5 Å². The van der Waals surface area contributed by atoms with Gasteiger partial charge < -0.3 is 10.6 Å². The standard InChI is InChI=1S/C15H26N4O/c1-4-6-7-8-14(16-5-2)15(20)19-11-13-10-17-12(3)9-18-13/h9-10,14,16H,4-8,11H2,1-3H3,(H,19,20). The molecule has 1 aromatic rings. The molecule has 1 rings (SSSR count). The quantitative estimate of drug-likeness (QED) is 0.678. The summed E-state index contributed by atoms with van der Waals surface area (Å²) in [5.41, 5.74) is 1.66. The van der Waals surface area contributed by atoms with Crippen LogP contribution in [0, 0.1) is 6.92 Å². The predicted molar refractivity (Wildman–Crippen MR) is 80.2 cm³/mol. The van der Waals surface area contributed by atoms with E-state index in [0.717, 1.165) is 30.8 Å². The molecule has 1 aromatic heterocycles. The van der Waals surface area contributed by atoms with E-state index >= 15 is 0 Å². The molecular weight excluding hydrogens is 252 g/mol. The Balaban J connectivity index is 2.42. The minimum absolute atomic E-state index is 0.0466. The first-order chi connectivity index (χ1) is 9.67. The third-order valence-corrected chi connectivity index (χ3v) is 3.14. The number of aryl methyl sites for hydroxylation is 1. The van der Waals surface area contributed by atoms with Crippen LogP contribution in [0.5, 0.6) is 0 Å². The maximum Gasteiger partial charge on any atom is 0.237 e. The lowest BCUT2D eigenvalue weighted by Crippen LogP contribution is -2.43. The number of carbonyl (C=O) groups is 1. The smallest absolute Gasteiger partial charge is 0.237 e. The van der Waals surface area contributed by atoms with Gasteiger partial charge in [0, 0.05) is 6.20 Å². The molecule has 0 aliphatic carbocycles. The second-order valence-electron chi connectivity index (χ2n) is 4.97. The average Bonchev–Trinajstić information content (AvgIpc) is 2.45. The van der Waals surface area contributed by atoms with E-state index in [-0.39, 0.29) is 11.9 Å². The number of unbranched alkanes of at least 4 members (excludes halogenated alkanes) is 2. The summed E-state index contributed by atoms with van der Waals surface area (Å²) >= 11 is 0. The minimum atomic E-state index is -0.107. The molecule has 0 spiro atoms. The molecule has 0 saturated carbocycles. The SMILES string of the molecule is CCCCCC(NCC)C(=O)NCc1cnc(C)cn1. The van der Waals surface area contributed by atoms with Crippen LogP contribution in [0.4, 0.5) is 0 Å². The predicted octanol–water partition coefficient (Wildman–Crippen LogP) is 1.96. The van der Waals surface area contributed by atoms with Gasteiger partial charge in [0.25, 0.3) is 0 Å². The zero-order valence-electron chi connectivity index (χ0n) is 12.8. The van der Waals surface area contributed by atoms with E-state index in [1.807, 2.05) is 13.8 Å². The molecular formula is C15H26N4O. The third-order valence-electron chi connectivity index (χ3n) is 3.14. The van der Waals surface area contributed by atoms with Gasteiger partial charge in [-0.2, -0.15) is 0 Å². The molecule has 5 heteroatoms. The molecule has 0 bridgehead atoms. The summed E-state index contributed by atoms with van der Waals surface area (Å²) in [4.78, 5) is 20.5. The lowest BCUT2D eigenvalue weighted by Gasteiger charge is -2.17. The normalized spacial score (nSPS) is 12.2. The van der Waals surface area contributed by atoms with Crippen molar-refractivity contribution in [2.24, 2.45) is 0 Å². The second kappa shape index (κ2) is 9.42. The number of likely N-dealkylation sites (N-methyl/N-ethyl adjacent to an activating group) is 1. The summed E-state index contributed by atoms with van der Waals surface area (Å²) in [5.74, 6) is 0.0466. The molecule has 1 atom stereocenters. The number of amides is 1. The summed E-state index contributed by atoms with van der Waals surface area (Å²) < 4.78 is 0. The van der Waals surface area contributed by atoms with Crippen LogP contribution in [0.2, 0.25) is 0 Å². The van der Waals surface area contributed by atoms with Crippen LogP contribution in [0.3, 0.4) is 0 Å². The van der Waals surface area contributed by atoms with Gasteiger partial charge in [0.2, 0.25) is 5.91 Å². The molecule has 0 radical (unpaired) electrons. The fourth-order valence-corrected chi connectivity index (χ4v) is 1.98. The van der Waals surface area contributed by atoms with Crippen molar-refractivity contribution in [1.29, 1.82) is 0 Å². The minimum Gasteiger partial charge on any atom is -0.349 e. The summed E-state index contributed by atoms with van der Waals surface area (Å²) in [7, 11) is 0. The number of carbonyl (C=O) groups excluding carboxylic acids is 1. The van der Waals surface area contributed by atoms with Crippen molar-refractivity contribution in [1.82, 2.24) is 20.6 Å². The maximum absolute atomic E-state index is 12.1. The number of nitrogens with zero attached hydrogens (tertiary/aromatic N) is 2. The lowest BCUT2D eigenvalue weighted by atomic mass is 10.1. The summed E-state index contributed by atoms with van der Waals surface area (Å²) in [6, 6.07) is -0.107. The molecule has 5 nitrogen and oxygen atoms in total. The van der Waals surface area contributed by atoms with Gasteiger partial charge in [-0.1, -0.05) is 33.1 Å². The third kappa shape index (κ3) is 6.10. The fraction of sp³-hybridized carbons (Fsp3) is 0.667. The summed E-state index contributed by atoms with van der Waals surface area (Å²) in [6.07, 6.45) is 7.70. The highest BCUT2D eigenvalue weighted by molar-refractivity contribution is 5.81. The monoisotopic (exact) mass is 278 g/mol. The van der Waals surface area contributed by atoms with Crippen LogP contribution in [0.25, 0.3) is 0 Å². The first kappa shape index (κ1) is 16.6. The number of rotatable bonds is 9. The molecule has 0 saturated heterocycles. The molecule has 2 N–H and O–H groups in total. The molecule has 20 heavy (non-hydrogen) atoms. The van der Waals surface area contributed by atoms with E-state index in [4.69, 9.17) is 0 Å². The van der Waals surface area contributed by atoms with Crippen molar-refractivity contribution in [3.63, 3.8) is 0 Å². The van der Waals surface area contributed by atoms with Crippen LogP contribution in [-0.2, 0) is 11.3 Å². The molecule has 0 aliphatic heterocycles. The Morgan fingerprint density at radius 2 is 2.05 bits per heavy atom. The molecule has 1 unspecified atom stereocenters. The zero-order valence-corrected chi connectivity index (χ0v) is 12.8. The molecule has 112 valence electrons. The van der Waals surface area contributed by atoms with E-state index in [0.29, 0.717) is 6.54 Å². The number of hydrogen-bond acceptors (Lipinski definition) is 4. The van der Waals surface area contributed by atoms with Gasteiger partial charge in [0.1, 0.15) is 0 Å². The van der Waals surface area contributed by atoms with Gasteiger partial charge in [-0.3, -0.25) is 14.8 Å². The highest BCUT2D eigenvalue weighted by Crippen LogP contribution is 2.04. The van der Waals surface area contributed by atoms with Gasteiger partial charge >= 0.3 is 0 Å². The molecule has 0 aromatic carbocycles. The van der Waals surface area contributed by atoms with E-state index < -0.39 is 0 Å². The van der Waals surface area contributed by atoms with Crippen molar-refractivity contribution >= 4 is 5.91 Å². The Kier molecular flexibility index (Phi) is 7.80. The largest absolute Gasteiger partial charge is 0.349 e. The number of hydrogen-bond donors (Lipinski definition) is 2. The number of nitrogens with one attached hydrogen (secondary N) is 2. The van der Waals surface area contributed by atoms with Crippen molar-refractivity contribution in [2.75, 3.05) is 6.54 Å². The maximum atomic E-state index is 12.1. The van der Waals surface area contributed by atoms with Gasteiger partial charge in [0.15, 0.2) is 0 Å². The first-order valence-electron chi connectivity index (χ1n) is 7.46. The Morgan fingerprint density at radius 1 is 1.25 bits per heavy atom. The van der Waals surface area contributed by atoms with Crippen LogP contribution in [-0.4, -0.2) is 28.5 Å². The summed E-state index contributed by atoms with van der Waals surface area (Å²) in [5, 5.41) is 6.16. The molecule has 1 heterocycles. The molecule has 0 fully saturated rings. The average molecular weight is 278 g/mol. The Hall–Kier alpha value is -1.49. The Morgan fingerprint density at radius 3 is 2.65 bits per heavy atom. The summed E-state index contributed by atoms with van der Waals surface area (Å²) in [6.45, 7) is 7.31. The highest BCUT2D eigenvalue weighted by Gasteiger charge is 2.16. The first-order valence-corrected chi connectivity index (χ1v) is 7.46. The molecule has 0 aliphatic rings. The van der Waals surface area contributed by atoms with Crippen LogP contribution in [0.15, 0.2) is 12.4 Å². The zero-order chi connectivity index (χ0) is 14.8. The lowest BCUT2D eigenvalue weighted by molar-refractivity contribution is -0.123. The van der Waals surface area contributed by atoms with E-state index in [1.165, 1.54) is 12.8 Å². The Bertz CT molecular complexity index is 391. The second-order valence-corrected chi connectivity index (χ2v) is 4.97. The van der Waals surface area contributed by atoms with Crippen LogP contribution < -0.4 is 10.6 Å². The highest BCUT2D eigenvalue weighted by atomic mass is 16.2. The van der Waals surface area contributed by atoms with Crippen LogP contribution in [0.1, 0.15) is 50.9 Å². The fourth-order valence-electron chi connectivity index (χ4n) is 1.98. The number of aromatic nitrogens is 2.